The van der Waals surface area contributed by atoms with E-state index in [4.69, 9.17) is 0 Å². The molecule has 1 aliphatic heterocycles. The average Bonchev–Trinajstić information content (AvgIpc) is 2.40. The summed E-state index contributed by atoms with van der Waals surface area (Å²) in [5.74, 6) is 0.164. The number of carboxylic acid groups (broad SMARTS) is 1. The fraction of sp³-hybridized carbons (Fsp3) is 0.417. The van der Waals surface area contributed by atoms with E-state index >= 15 is 0 Å². The van der Waals surface area contributed by atoms with Crippen LogP contribution in [0.4, 0.5) is 0 Å². The molecular formula is C12H14N2O3S. The van der Waals surface area contributed by atoms with Crippen molar-refractivity contribution in [2.75, 3.05) is 11.5 Å². The third-order valence-electron chi connectivity index (χ3n) is 3.03. The van der Waals surface area contributed by atoms with Crippen molar-refractivity contribution in [2.45, 2.75) is 18.4 Å². The monoisotopic (exact) mass is 266 g/mol. The molecule has 2 N–H and O–H groups in total. The third-order valence-corrected chi connectivity index (χ3v) is 4.02. The maximum absolute atomic E-state index is 12.0. The average molecular weight is 266 g/mol. The first kappa shape index (κ1) is 12.9. The predicted molar refractivity (Wildman–Crippen MR) is 68.6 cm³/mol. The molecule has 0 atom stereocenters. The van der Waals surface area contributed by atoms with Gasteiger partial charge in [-0.2, -0.15) is 11.8 Å². The molecule has 1 saturated heterocycles. The minimum atomic E-state index is -1.13. The second kappa shape index (κ2) is 5.39. The lowest BCUT2D eigenvalue weighted by Gasteiger charge is -2.33. The van der Waals surface area contributed by atoms with Crippen LogP contribution in [0, 0.1) is 0 Å². The van der Waals surface area contributed by atoms with Crippen LogP contribution in [0.25, 0.3) is 0 Å². The summed E-state index contributed by atoms with van der Waals surface area (Å²) in [6, 6.07) is 3.27. The molecule has 96 valence electrons. The van der Waals surface area contributed by atoms with Crippen LogP contribution in [-0.4, -0.2) is 39.0 Å². The number of nitrogens with one attached hydrogen (secondary N) is 1. The highest BCUT2D eigenvalue weighted by Gasteiger charge is 2.41. The highest BCUT2D eigenvalue weighted by Crippen LogP contribution is 2.27. The standard InChI is InChI=1S/C12H14N2O3S/c15-10(9-2-1-5-13-8-9)14-12(11(16)17)3-6-18-7-4-12/h1-2,5,8H,3-4,6-7H2,(H,14,15)(H,16,17). The highest BCUT2D eigenvalue weighted by atomic mass is 32.2. The van der Waals surface area contributed by atoms with Gasteiger partial charge in [-0.15, -0.1) is 0 Å². The molecule has 0 aliphatic carbocycles. The molecule has 2 rings (SSSR count). The van der Waals surface area contributed by atoms with Gasteiger partial charge in [-0.05, 0) is 36.5 Å². The Balaban J connectivity index is 2.15. The third kappa shape index (κ3) is 2.64. The van der Waals surface area contributed by atoms with Gasteiger partial charge in [0.1, 0.15) is 5.54 Å². The van der Waals surface area contributed by atoms with Crippen LogP contribution in [-0.2, 0) is 4.79 Å². The summed E-state index contributed by atoms with van der Waals surface area (Å²) >= 11 is 1.71. The molecule has 1 aliphatic rings. The van der Waals surface area contributed by atoms with Crippen molar-refractivity contribution in [1.82, 2.24) is 10.3 Å². The Hall–Kier alpha value is -1.56. The van der Waals surface area contributed by atoms with Gasteiger partial charge in [0.15, 0.2) is 0 Å². The van der Waals surface area contributed by atoms with Gasteiger partial charge in [-0.25, -0.2) is 4.79 Å². The number of carbonyl (C=O) groups excluding carboxylic acids is 1. The number of hydrogen-bond donors (Lipinski definition) is 2. The molecule has 0 unspecified atom stereocenters. The number of carboxylic acids is 1. The molecule has 1 aromatic rings. The quantitative estimate of drug-likeness (QED) is 0.858. The van der Waals surface area contributed by atoms with Gasteiger partial charge in [0.2, 0.25) is 0 Å². The fourth-order valence-electron chi connectivity index (χ4n) is 1.90. The molecule has 5 nitrogen and oxygen atoms in total. The summed E-state index contributed by atoms with van der Waals surface area (Å²) in [7, 11) is 0. The molecule has 1 aromatic heterocycles. The smallest absolute Gasteiger partial charge is 0.329 e. The number of aromatic nitrogens is 1. The zero-order valence-corrected chi connectivity index (χ0v) is 10.6. The largest absolute Gasteiger partial charge is 0.480 e. The summed E-state index contributed by atoms with van der Waals surface area (Å²) in [5.41, 5.74) is -0.741. The van der Waals surface area contributed by atoms with Crippen LogP contribution >= 0.6 is 11.8 Å². The van der Waals surface area contributed by atoms with Crippen molar-refractivity contribution in [3.63, 3.8) is 0 Å². The molecule has 1 amide bonds. The minimum absolute atomic E-state index is 0.377. The van der Waals surface area contributed by atoms with Gasteiger partial charge in [0.05, 0.1) is 5.56 Å². The molecule has 0 spiro atoms. The zero-order valence-electron chi connectivity index (χ0n) is 9.76. The van der Waals surface area contributed by atoms with E-state index in [0.29, 0.717) is 18.4 Å². The lowest BCUT2D eigenvalue weighted by atomic mass is 9.92. The van der Waals surface area contributed by atoms with E-state index in [1.807, 2.05) is 0 Å². The lowest BCUT2D eigenvalue weighted by Crippen LogP contribution is -2.56. The van der Waals surface area contributed by atoms with Crippen LogP contribution in [0.15, 0.2) is 24.5 Å². The summed E-state index contributed by atoms with van der Waals surface area (Å²) in [6.07, 6.45) is 3.92. The second-order valence-electron chi connectivity index (χ2n) is 4.20. The topological polar surface area (TPSA) is 79.3 Å². The van der Waals surface area contributed by atoms with Gasteiger partial charge in [0.25, 0.3) is 5.91 Å². The van der Waals surface area contributed by atoms with Gasteiger partial charge in [-0.1, -0.05) is 0 Å². The molecular weight excluding hydrogens is 252 g/mol. The van der Waals surface area contributed by atoms with E-state index in [1.165, 1.54) is 6.20 Å². The van der Waals surface area contributed by atoms with E-state index in [9.17, 15) is 14.7 Å². The molecule has 6 heteroatoms. The summed E-state index contributed by atoms with van der Waals surface area (Å²) < 4.78 is 0. The maximum Gasteiger partial charge on any atom is 0.329 e. The molecule has 0 aromatic carbocycles. The minimum Gasteiger partial charge on any atom is -0.480 e. The Bertz CT molecular complexity index is 444. The van der Waals surface area contributed by atoms with Crippen molar-refractivity contribution < 1.29 is 14.7 Å². The van der Waals surface area contributed by atoms with Crippen LogP contribution < -0.4 is 5.32 Å². The van der Waals surface area contributed by atoms with E-state index < -0.39 is 11.5 Å². The fourth-order valence-corrected chi connectivity index (χ4v) is 3.09. The first-order chi connectivity index (χ1) is 8.64. The second-order valence-corrected chi connectivity index (χ2v) is 5.42. The summed E-state index contributed by atoms with van der Waals surface area (Å²) in [6.45, 7) is 0. The number of amides is 1. The highest BCUT2D eigenvalue weighted by molar-refractivity contribution is 7.99. The first-order valence-electron chi connectivity index (χ1n) is 5.68. The SMILES string of the molecule is O=C(NC1(C(=O)O)CCSCC1)c1cccnc1. The van der Waals surface area contributed by atoms with E-state index in [-0.39, 0.29) is 5.91 Å². The Morgan fingerprint density at radius 2 is 2.11 bits per heavy atom. The van der Waals surface area contributed by atoms with E-state index in [1.54, 1.807) is 30.1 Å². The number of rotatable bonds is 3. The summed E-state index contributed by atoms with van der Waals surface area (Å²) in [5, 5.41) is 12.0. The van der Waals surface area contributed by atoms with Crippen LogP contribution in [0.3, 0.4) is 0 Å². The Morgan fingerprint density at radius 1 is 1.39 bits per heavy atom. The number of pyridine rings is 1. The predicted octanol–water partition coefficient (Wildman–Crippen LogP) is 1.16. The van der Waals surface area contributed by atoms with Gasteiger partial charge in [-0.3, -0.25) is 9.78 Å². The van der Waals surface area contributed by atoms with Crippen molar-refractivity contribution in [2.24, 2.45) is 0 Å². The zero-order chi connectivity index (χ0) is 13.0. The van der Waals surface area contributed by atoms with Crippen molar-refractivity contribution in [3.05, 3.63) is 30.1 Å². The van der Waals surface area contributed by atoms with Crippen LogP contribution in [0.1, 0.15) is 23.2 Å². The Kier molecular flexibility index (Phi) is 3.86. The number of aliphatic carboxylic acids is 1. The van der Waals surface area contributed by atoms with E-state index in [2.05, 4.69) is 10.3 Å². The molecule has 0 saturated carbocycles. The summed E-state index contributed by atoms with van der Waals surface area (Å²) in [4.78, 5) is 27.3. The number of nitrogens with zero attached hydrogens (tertiary/aromatic N) is 1. The molecule has 18 heavy (non-hydrogen) atoms. The number of carbonyl (C=O) groups is 2. The van der Waals surface area contributed by atoms with Crippen LogP contribution in [0.5, 0.6) is 0 Å². The van der Waals surface area contributed by atoms with E-state index in [0.717, 1.165) is 11.5 Å². The number of thioether (sulfide) groups is 1. The number of hydrogen-bond acceptors (Lipinski definition) is 4. The van der Waals surface area contributed by atoms with Crippen molar-refractivity contribution >= 4 is 23.6 Å². The maximum atomic E-state index is 12.0. The lowest BCUT2D eigenvalue weighted by molar-refractivity contribution is -0.144. The van der Waals surface area contributed by atoms with Gasteiger partial charge in [0, 0.05) is 12.4 Å². The van der Waals surface area contributed by atoms with Crippen molar-refractivity contribution in [1.29, 1.82) is 0 Å². The normalized spacial score (nSPS) is 18.0. The van der Waals surface area contributed by atoms with Crippen molar-refractivity contribution in [3.8, 4) is 0 Å². The Morgan fingerprint density at radius 3 is 2.67 bits per heavy atom. The molecule has 0 radical (unpaired) electrons. The van der Waals surface area contributed by atoms with Gasteiger partial charge < -0.3 is 10.4 Å². The van der Waals surface area contributed by atoms with Crippen LogP contribution in [0.2, 0.25) is 0 Å². The van der Waals surface area contributed by atoms with Gasteiger partial charge >= 0.3 is 5.97 Å². The first-order valence-corrected chi connectivity index (χ1v) is 6.83. The Labute approximate surface area is 109 Å². The molecule has 0 bridgehead atoms. The molecule has 2 heterocycles. The molecule has 1 fully saturated rings.